The Morgan fingerprint density at radius 3 is 2.26 bits per heavy atom. The van der Waals surface area contributed by atoms with Crippen LogP contribution in [0.3, 0.4) is 0 Å². The molecule has 0 aliphatic rings. The van der Waals surface area contributed by atoms with E-state index in [1.54, 1.807) is 25.1 Å². The van der Waals surface area contributed by atoms with Gasteiger partial charge >= 0.3 is 0 Å². The quantitative estimate of drug-likeness (QED) is 0.243. The summed E-state index contributed by atoms with van der Waals surface area (Å²) >= 11 is 0. The van der Waals surface area contributed by atoms with E-state index in [0.29, 0.717) is 31.5 Å². The average molecular weight is 575 g/mol. The Morgan fingerprint density at radius 2 is 1.63 bits per heavy atom. The zero-order valence-electron chi connectivity index (χ0n) is 22.0. The smallest absolute Gasteiger partial charge is 0.246 e. The molecule has 0 unspecified atom stereocenters. The Balaban J connectivity index is 0. The number of carbonyl (C=O) groups is 3. The first-order valence-corrected chi connectivity index (χ1v) is 11.8. The van der Waals surface area contributed by atoms with Crippen LogP contribution in [0.25, 0.3) is 0 Å². The molecule has 0 spiro atoms. The number of halogens is 2. The first-order valence-electron chi connectivity index (χ1n) is 11.8. The van der Waals surface area contributed by atoms with Gasteiger partial charge in [0, 0.05) is 25.2 Å². The van der Waals surface area contributed by atoms with E-state index in [0.717, 1.165) is 17.7 Å². The molecule has 214 valence electrons. The summed E-state index contributed by atoms with van der Waals surface area (Å²) < 4.78 is 0. The summed E-state index contributed by atoms with van der Waals surface area (Å²) in [7, 11) is 3.91. The van der Waals surface area contributed by atoms with Crippen molar-refractivity contribution in [2.45, 2.75) is 44.7 Å². The van der Waals surface area contributed by atoms with E-state index in [-0.39, 0.29) is 54.3 Å². The molecule has 2 atom stereocenters. The molecule has 0 aliphatic heterocycles. The van der Waals surface area contributed by atoms with Crippen molar-refractivity contribution >= 4 is 48.2 Å². The van der Waals surface area contributed by atoms with Gasteiger partial charge in [-0.05, 0) is 69.6 Å². The van der Waals surface area contributed by atoms with Crippen LogP contribution in [0.2, 0.25) is 0 Å². The normalized spacial score (nSPS) is 11.6. The zero-order chi connectivity index (χ0) is 25.8. The molecule has 0 bridgehead atoms. The highest BCUT2D eigenvalue weighted by molar-refractivity contribution is 5.98. The van der Waals surface area contributed by atoms with E-state index >= 15 is 0 Å². The third-order valence-electron chi connectivity index (χ3n) is 5.49. The first kappa shape index (κ1) is 37.3. The van der Waals surface area contributed by atoms with Crippen molar-refractivity contribution in [1.29, 1.82) is 0 Å². The van der Waals surface area contributed by atoms with Crippen LogP contribution in [-0.4, -0.2) is 72.5 Å². The number of likely N-dealkylation sites (N-methyl/N-ethyl adjacent to an activating group) is 1. The first-order chi connectivity index (χ1) is 16.7. The number of nitrogens with zero attached hydrogens (tertiary/aromatic N) is 1. The SMILES string of the molecule is C[C@@H](NC(=O)[C@@H](N)Cc1ccc(O)cc1)C(=O)Nc1ccccc1CCCC(=O)NCCN(C)C.Cl.Cl.O. The van der Waals surface area contributed by atoms with Gasteiger partial charge in [-0.15, -0.1) is 24.8 Å². The third kappa shape index (κ3) is 13.6. The maximum absolute atomic E-state index is 12.7. The van der Waals surface area contributed by atoms with Crippen LogP contribution in [-0.2, 0) is 27.2 Å². The van der Waals surface area contributed by atoms with Crippen molar-refractivity contribution in [3.05, 3.63) is 59.7 Å². The highest BCUT2D eigenvalue weighted by Gasteiger charge is 2.21. The monoisotopic (exact) mass is 573 g/mol. The van der Waals surface area contributed by atoms with Crippen LogP contribution < -0.4 is 21.7 Å². The largest absolute Gasteiger partial charge is 0.508 e. The molecule has 2 rings (SSSR count). The summed E-state index contributed by atoms with van der Waals surface area (Å²) in [5, 5.41) is 17.8. The lowest BCUT2D eigenvalue weighted by Gasteiger charge is -2.18. The molecule has 0 fully saturated rings. The number of anilines is 1. The van der Waals surface area contributed by atoms with Gasteiger partial charge in [0.25, 0.3) is 0 Å². The maximum atomic E-state index is 12.7. The van der Waals surface area contributed by atoms with Crippen LogP contribution in [0, 0.1) is 0 Å². The number of para-hydroxylation sites is 1. The van der Waals surface area contributed by atoms with Crippen LogP contribution >= 0.6 is 24.8 Å². The fourth-order valence-corrected chi connectivity index (χ4v) is 3.41. The molecule has 0 aliphatic carbocycles. The molecule has 2 aromatic rings. The molecular weight excluding hydrogens is 533 g/mol. The number of nitrogens with two attached hydrogens (primary N) is 1. The van der Waals surface area contributed by atoms with Crippen molar-refractivity contribution in [3.8, 4) is 5.75 Å². The molecule has 0 aromatic heterocycles. The predicted molar refractivity (Wildman–Crippen MR) is 155 cm³/mol. The van der Waals surface area contributed by atoms with Crippen LogP contribution in [0.15, 0.2) is 48.5 Å². The van der Waals surface area contributed by atoms with Crippen LogP contribution in [0.4, 0.5) is 5.69 Å². The number of benzene rings is 2. The molecule has 0 heterocycles. The zero-order valence-corrected chi connectivity index (χ0v) is 23.7. The number of hydrogen-bond acceptors (Lipinski definition) is 6. The highest BCUT2D eigenvalue weighted by Crippen LogP contribution is 2.18. The number of carbonyl (C=O) groups excluding carboxylic acids is 3. The molecule has 0 radical (unpaired) electrons. The molecule has 10 nitrogen and oxygen atoms in total. The lowest BCUT2D eigenvalue weighted by molar-refractivity contribution is -0.127. The minimum absolute atomic E-state index is 0. The molecule has 0 saturated heterocycles. The van der Waals surface area contributed by atoms with E-state index in [2.05, 4.69) is 16.0 Å². The summed E-state index contributed by atoms with van der Waals surface area (Å²) in [6.07, 6.45) is 1.97. The van der Waals surface area contributed by atoms with Gasteiger partial charge in [-0.25, -0.2) is 0 Å². The van der Waals surface area contributed by atoms with E-state index in [1.165, 1.54) is 12.1 Å². The summed E-state index contributed by atoms with van der Waals surface area (Å²) in [5.41, 5.74) is 8.38. The molecule has 2 aromatic carbocycles. The molecule has 12 heteroatoms. The fourth-order valence-electron chi connectivity index (χ4n) is 3.41. The Hall–Kier alpha value is -2.89. The van der Waals surface area contributed by atoms with Gasteiger partial charge in [-0.2, -0.15) is 0 Å². The minimum Gasteiger partial charge on any atom is -0.508 e. The number of nitrogens with one attached hydrogen (secondary N) is 3. The number of aryl methyl sites for hydroxylation is 1. The van der Waals surface area contributed by atoms with Gasteiger partial charge in [0.15, 0.2) is 0 Å². The van der Waals surface area contributed by atoms with Crippen molar-refractivity contribution in [2.24, 2.45) is 5.73 Å². The second kappa shape index (κ2) is 19.2. The van der Waals surface area contributed by atoms with Gasteiger partial charge < -0.3 is 37.2 Å². The van der Waals surface area contributed by atoms with Crippen molar-refractivity contribution in [2.75, 3.05) is 32.5 Å². The van der Waals surface area contributed by atoms with Crippen molar-refractivity contribution in [1.82, 2.24) is 15.5 Å². The maximum Gasteiger partial charge on any atom is 0.246 e. The van der Waals surface area contributed by atoms with Gasteiger partial charge in [-0.1, -0.05) is 30.3 Å². The number of phenols is 1. The van der Waals surface area contributed by atoms with Gasteiger partial charge in [0.2, 0.25) is 17.7 Å². The lowest BCUT2D eigenvalue weighted by atomic mass is 10.0. The number of amides is 3. The summed E-state index contributed by atoms with van der Waals surface area (Å²) in [6.45, 7) is 3.00. The van der Waals surface area contributed by atoms with Gasteiger partial charge in [0.05, 0.1) is 6.04 Å². The Kier molecular flexibility index (Phi) is 18.8. The van der Waals surface area contributed by atoms with E-state index in [9.17, 15) is 19.5 Å². The molecule has 8 N–H and O–H groups in total. The Labute approximate surface area is 236 Å². The summed E-state index contributed by atoms with van der Waals surface area (Å²) in [6, 6.07) is 12.3. The second-order valence-electron chi connectivity index (χ2n) is 8.86. The summed E-state index contributed by atoms with van der Waals surface area (Å²) in [4.78, 5) is 39.2. The number of aromatic hydroxyl groups is 1. The summed E-state index contributed by atoms with van der Waals surface area (Å²) in [5.74, 6) is -0.646. The Morgan fingerprint density at radius 1 is 1.00 bits per heavy atom. The fraction of sp³-hybridized carbons (Fsp3) is 0.423. The number of phenolic OH excluding ortho intramolecular Hbond substituents is 1. The minimum atomic E-state index is -0.828. The second-order valence-corrected chi connectivity index (χ2v) is 8.86. The predicted octanol–water partition coefficient (Wildman–Crippen LogP) is 1.42. The number of hydrogen-bond donors (Lipinski definition) is 5. The number of rotatable bonds is 13. The van der Waals surface area contributed by atoms with Gasteiger partial charge in [0.1, 0.15) is 11.8 Å². The van der Waals surface area contributed by atoms with Crippen molar-refractivity contribution in [3.63, 3.8) is 0 Å². The highest BCUT2D eigenvalue weighted by atomic mass is 35.5. The van der Waals surface area contributed by atoms with Gasteiger partial charge in [-0.3, -0.25) is 14.4 Å². The molecule has 3 amide bonds. The van der Waals surface area contributed by atoms with E-state index in [1.807, 2.05) is 37.2 Å². The van der Waals surface area contributed by atoms with Crippen molar-refractivity contribution < 1.29 is 25.0 Å². The average Bonchev–Trinajstić information content (AvgIpc) is 2.81. The lowest BCUT2D eigenvalue weighted by Crippen LogP contribution is -2.49. The van der Waals surface area contributed by atoms with Crippen LogP contribution in [0.1, 0.15) is 30.9 Å². The molecular formula is C26H41Cl2N5O5. The topological polar surface area (TPSA) is 168 Å². The standard InChI is InChI=1S/C26H37N5O4.2ClH.H2O/c1-18(29-26(35)22(27)17-19-11-13-21(32)14-12-19)25(34)30-23-9-5-4-7-20(23)8-6-10-24(33)28-15-16-31(2)3;;;/h4-5,7,9,11-14,18,22,32H,6,8,10,15-17,27H2,1-3H3,(H,28,33)(H,29,35)(H,30,34);2*1H;1H2/t18-,22+;;;/m1.../s1. The van der Waals surface area contributed by atoms with Crippen LogP contribution in [0.5, 0.6) is 5.75 Å². The van der Waals surface area contributed by atoms with E-state index < -0.39 is 18.0 Å². The molecule has 0 saturated carbocycles. The Bertz CT molecular complexity index is 992. The van der Waals surface area contributed by atoms with E-state index in [4.69, 9.17) is 5.73 Å². The third-order valence-corrected chi connectivity index (χ3v) is 5.49. The molecule has 38 heavy (non-hydrogen) atoms.